The zero-order chi connectivity index (χ0) is 9.35. The third-order valence-corrected chi connectivity index (χ3v) is 2.74. The average molecular weight is 170 g/mol. The molecule has 0 spiro atoms. The number of hydrogen-bond donors (Lipinski definition) is 2. The first-order valence-corrected chi connectivity index (χ1v) is 4.48. The SMILES string of the molecule is C=C(C)[C@H]1CC[C@@](C)(O)C[C@@H]1O. The Morgan fingerprint density at radius 3 is 2.58 bits per heavy atom. The van der Waals surface area contributed by atoms with Gasteiger partial charge in [-0.3, -0.25) is 0 Å². The van der Waals surface area contributed by atoms with Gasteiger partial charge in [0.05, 0.1) is 11.7 Å². The van der Waals surface area contributed by atoms with Gasteiger partial charge in [-0.05, 0) is 26.7 Å². The monoisotopic (exact) mass is 170 g/mol. The maximum Gasteiger partial charge on any atom is 0.0644 e. The highest BCUT2D eigenvalue weighted by Crippen LogP contribution is 2.34. The van der Waals surface area contributed by atoms with Crippen LogP contribution in [-0.4, -0.2) is 21.9 Å². The lowest BCUT2D eigenvalue weighted by molar-refractivity contribution is -0.0503. The Balaban J connectivity index is 2.60. The third kappa shape index (κ3) is 2.08. The van der Waals surface area contributed by atoms with Crippen LogP contribution in [0, 0.1) is 5.92 Å². The molecule has 0 saturated heterocycles. The summed E-state index contributed by atoms with van der Waals surface area (Å²) in [4.78, 5) is 0. The second kappa shape index (κ2) is 3.19. The quantitative estimate of drug-likeness (QED) is 0.585. The third-order valence-electron chi connectivity index (χ3n) is 2.74. The van der Waals surface area contributed by atoms with Crippen LogP contribution in [0.5, 0.6) is 0 Å². The molecule has 1 aliphatic rings. The summed E-state index contributed by atoms with van der Waals surface area (Å²) in [5, 5.41) is 19.3. The molecule has 0 bridgehead atoms. The molecule has 1 aliphatic carbocycles. The lowest BCUT2D eigenvalue weighted by Gasteiger charge is -2.37. The maximum absolute atomic E-state index is 9.65. The highest BCUT2D eigenvalue weighted by Gasteiger charge is 2.35. The normalized spacial score (nSPS) is 42.7. The Morgan fingerprint density at radius 2 is 2.17 bits per heavy atom. The Bertz CT molecular complexity index is 184. The molecule has 70 valence electrons. The van der Waals surface area contributed by atoms with Crippen molar-refractivity contribution in [2.24, 2.45) is 5.92 Å². The number of hydrogen-bond acceptors (Lipinski definition) is 2. The molecule has 1 saturated carbocycles. The van der Waals surface area contributed by atoms with Crippen LogP contribution in [0.25, 0.3) is 0 Å². The first-order valence-electron chi connectivity index (χ1n) is 4.48. The summed E-state index contributed by atoms with van der Waals surface area (Å²) in [6, 6.07) is 0. The van der Waals surface area contributed by atoms with Crippen LogP contribution in [0.1, 0.15) is 33.1 Å². The smallest absolute Gasteiger partial charge is 0.0644 e. The first kappa shape index (κ1) is 9.75. The van der Waals surface area contributed by atoms with Crippen LogP contribution in [0.4, 0.5) is 0 Å². The van der Waals surface area contributed by atoms with Crippen molar-refractivity contribution < 1.29 is 10.2 Å². The second-order valence-electron chi connectivity index (χ2n) is 4.26. The van der Waals surface area contributed by atoms with Crippen molar-refractivity contribution in [1.82, 2.24) is 0 Å². The summed E-state index contributed by atoms with van der Waals surface area (Å²) in [6.07, 6.45) is 1.68. The predicted molar refractivity (Wildman–Crippen MR) is 48.8 cm³/mol. The summed E-state index contributed by atoms with van der Waals surface area (Å²) in [5.74, 6) is 0.185. The van der Waals surface area contributed by atoms with E-state index in [4.69, 9.17) is 0 Å². The molecular weight excluding hydrogens is 152 g/mol. The van der Waals surface area contributed by atoms with E-state index in [0.717, 1.165) is 18.4 Å². The molecule has 0 aromatic rings. The van der Waals surface area contributed by atoms with Gasteiger partial charge in [-0.15, -0.1) is 0 Å². The Labute approximate surface area is 73.9 Å². The molecule has 0 aromatic heterocycles. The molecule has 1 fully saturated rings. The molecule has 2 N–H and O–H groups in total. The predicted octanol–water partition coefficient (Wildman–Crippen LogP) is 1.47. The molecule has 0 heterocycles. The van der Waals surface area contributed by atoms with Gasteiger partial charge in [0.2, 0.25) is 0 Å². The van der Waals surface area contributed by atoms with Gasteiger partial charge in [0, 0.05) is 12.3 Å². The maximum atomic E-state index is 9.65. The molecule has 1 rings (SSSR count). The van der Waals surface area contributed by atoms with Crippen LogP contribution >= 0.6 is 0 Å². The van der Waals surface area contributed by atoms with Crippen molar-refractivity contribution in [2.75, 3.05) is 0 Å². The van der Waals surface area contributed by atoms with E-state index in [-0.39, 0.29) is 5.92 Å². The summed E-state index contributed by atoms with van der Waals surface area (Å²) in [6.45, 7) is 7.56. The molecule has 0 aromatic carbocycles. The standard InChI is InChI=1S/C10H18O2/c1-7(2)8-4-5-10(3,12)6-9(8)11/h8-9,11-12H,1,4-6H2,2-3H3/t8-,9+,10-/m1/s1. The van der Waals surface area contributed by atoms with Crippen LogP contribution in [0.3, 0.4) is 0 Å². The lowest BCUT2D eigenvalue weighted by Crippen LogP contribution is -2.40. The van der Waals surface area contributed by atoms with Crippen LogP contribution < -0.4 is 0 Å². The van der Waals surface area contributed by atoms with Crippen LogP contribution in [0.15, 0.2) is 12.2 Å². The van der Waals surface area contributed by atoms with E-state index in [1.807, 2.05) is 6.92 Å². The van der Waals surface area contributed by atoms with Gasteiger partial charge >= 0.3 is 0 Å². The minimum Gasteiger partial charge on any atom is -0.392 e. The zero-order valence-corrected chi connectivity index (χ0v) is 7.88. The summed E-state index contributed by atoms with van der Waals surface area (Å²) >= 11 is 0. The van der Waals surface area contributed by atoms with Crippen molar-refractivity contribution in [2.45, 2.75) is 44.8 Å². The molecule has 3 atom stereocenters. The van der Waals surface area contributed by atoms with Crippen molar-refractivity contribution in [3.05, 3.63) is 12.2 Å². The molecule has 2 heteroatoms. The zero-order valence-electron chi connectivity index (χ0n) is 7.88. The minimum atomic E-state index is -0.675. The highest BCUT2D eigenvalue weighted by atomic mass is 16.3. The van der Waals surface area contributed by atoms with Gasteiger partial charge in [-0.25, -0.2) is 0 Å². The Hall–Kier alpha value is -0.340. The van der Waals surface area contributed by atoms with E-state index in [9.17, 15) is 10.2 Å². The van der Waals surface area contributed by atoms with E-state index in [0.29, 0.717) is 6.42 Å². The Kier molecular flexibility index (Phi) is 2.59. The van der Waals surface area contributed by atoms with Gasteiger partial charge < -0.3 is 10.2 Å². The van der Waals surface area contributed by atoms with Crippen molar-refractivity contribution in [3.8, 4) is 0 Å². The molecular formula is C10H18O2. The molecule has 2 nitrogen and oxygen atoms in total. The first-order chi connectivity index (χ1) is 5.42. The summed E-state index contributed by atoms with van der Waals surface area (Å²) in [7, 11) is 0. The van der Waals surface area contributed by atoms with Gasteiger partial charge in [-0.2, -0.15) is 0 Å². The highest BCUT2D eigenvalue weighted by molar-refractivity contribution is 5.03. The fraction of sp³-hybridized carbons (Fsp3) is 0.800. The molecule has 0 radical (unpaired) electrons. The molecule has 12 heavy (non-hydrogen) atoms. The molecule has 0 unspecified atom stereocenters. The van der Waals surface area contributed by atoms with E-state index in [1.165, 1.54) is 0 Å². The van der Waals surface area contributed by atoms with Gasteiger partial charge in [0.25, 0.3) is 0 Å². The number of aliphatic hydroxyl groups excluding tert-OH is 1. The lowest BCUT2D eigenvalue weighted by atomic mass is 9.75. The fourth-order valence-electron chi connectivity index (χ4n) is 1.93. The van der Waals surface area contributed by atoms with Crippen molar-refractivity contribution in [3.63, 3.8) is 0 Å². The van der Waals surface area contributed by atoms with E-state index < -0.39 is 11.7 Å². The van der Waals surface area contributed by atoms with Crippen LogP contribution in [-0.2, 0) is 0 Å². The largest absolute Gasteiger partial charge is 0.392 e. The second-order valence-corrected chi connectivity index (χ2v) is 4.26. The van der Waals surface area contributed by atoms with Gasteiger partial charge in [0.1, 0.15) is 0 Å². The summed E-state index contributed by atoms with van der Waals surface area (Å²) < 4.78 is 0. The number of aliphatic hydroxyl groups is 2. The fourth-order valence-corrected chi connectivity index (χ4v) is 1.93. The van der Waals surface area contributed by atoms with Gasteiger partial charge in [0.15, 0.2) is 0 Å². The van der Waals surface area contributed by atoms with Gasteiger partial charge in [-0.1, -0.05) is 12.2 Å². The molecule has 0 amide bonds. The summed E-state index contributed by atoms with van der Waals surface area (Å²) in [5.41, 5.74) is 0.351. The average Bonchev–Trinajstić information content (AvgIpc) is 1.83. The van der Waals surface area contributed by atoms with Crippen molar-refractivity contribution in [1.29, 1.82) is 0 Å². The molecule has 0 aliphatic heterocycles. The minimum absolute atomic E-state index is 0.185. The van der Waals surface area contributed by atoms with E-state index in [1.54, 1.807) is 6.92 Å². The van der Waals surface area contributed by atoms with Crippen molar-refractivity contribution >= 4 is 0 Å². The van der Waals surface area contributed by atoms with E-state index in [2.05, 4.69) is 6.58 Å². The van der Waals surface area contributed by atoms with Crippen LogP contribution in [0.2, 0.25) is 0 Å². The Morgan fingerprint density at radius 1 is 1.58 bits per heavy atom. The topological polar surface area (TPSA) is 40.5 Å². The van der Waals surface area contributed by atoms with E-state index >= 15 is 0 Å². The number of rotatable bonds is 1.